The molecule has 2 aromatic rings. The van der Waals surface area contributed by atoms with Crippen LogP contribution in [0.5, 0.6) is 23.0 Å². The summed E-state index contributed by atoms with van der Waals surface area (Å²) in [6, 6.07) is 2.04. The summed E-state index contributed by atoms with van der Waals surface area (Å²) in [5, 5.41) is 7.32. The summed E-state index contributed by atoms with van der Waals surface area (Å²) in [5.41, 5.74) is 0. The van der Waals surface area contributed by atoms with Crippen molar-refractivity contribution in [1.82, 2.24) is 0 Å². The van der Waals surface area contributed by atoms with Gasteiger partial charge in [0.1, 0.15) is 33.1 Å². The molecule has 0 radical (unpaired) electrons. The zero-order valence-corrected chi connectivity index (χ0v) is 36.6. The van der Waals surface area contributed by atoms with Crippen LogP contribution in [-0.4, -0.2) is 65.1 Å². The Morgan fingerprint density at radius 1 is 0.536 bits per heavy atom. The van der Waals surface area contributed by atoms with Crippen molar-refractivity contribution >= 4 is 93.6 Å². The first kappa shape index (κ1) is 57.2. The van der Waals surface area contributed by atoms with Crippen LogP contribution in [0.25, 0.3) is 0 Å². The van der Waals surface area contributed by atoms with E-state index in [2.05, 4.69) is 18.9 Å². The molecule has 0 fully saturated rings. The Morgan fingerprint density at radius 2 is 0.714 bits per heavy atom. The molecule has 0 aliphatic carbocycles. The van der Waals surface area contributed by atoms with Crippen molar-refractivity contribution in [1.29, 1.82) is 5.26 Å². The first-order chi connectivity index (χ1) is 23.9. The van der Waals surface area contributed by atoms with Crippen molar-refractivity contribution in [3.8, 4) is 29.1 Å². The zero-order valence-electron chi connectivity index (χ0n) is 25.8. The monoisotopic (exact) mass is 1170 g/mol. The Hall–Kier alpha value is -0.920. The zero-order chi connectivity index (χ0) is 44.2. The minimum Gasteiger partial charge on any atom is -0.744 e. The van der Waals surface area contributed by atoms with Gasteiger partial charge in [0.05, 0.1) is 15.9 Å². The standard InChI is InChI=1S/C10H3Br2ClF8O4S.C10H4Br2F8O5S.C2H3N.Na/c11-7(14,15)9(18,19)24-4-1-5(3-6(2-4)26(13,22)23)25-10(20,21)8(12,16)17;11-7(13,14)9(17,18)24-4-1-5(3-6(2-4)26(21,22)23)25-10(19,20)8(12,15)16;1-2-3;/h1-3H;1-3H,(H,21,22,23);1H3;/q;;;+1/p-1. The van der Waals surface area contributed by atoms with Crippen LogP contribution in [0.3, 0.4) is 0 Å². The molecule has 2 rings (SSSR count). The second-order valence-corrected chi connectivity index (χ2v) is 16.8. The van der Waals surface area contributed by atoms with Crippen LogP contribution in [0.1, 0.15) is 6.92 Å². The summed E-state index contributed by atoms with van der Waals surface area (Å²) in [6.07, 6.45) is -21.3. The Balaban J connectivity index is 0. The van der Waals surface area contributed by atoms with Crippen molar-refractivity contribution in [2.45, 2.75) is 60.5 Å². The Kier molecular flexibility index (Phi) is 20.1. The number of hydrogen-bond donors (Lipinski definition) is 0. The number of ether oxygens (including phenoxy) is 4. The number of nitrogens with zero attached hydrogens (tertiary/aromatic N) is 1. The Bertz CT molecular complexity index is 1700. The first-order valence-electron chi connectivity index (χ1n) is 12.0. The average Bonchev–Trinajstić information content (AvgIpc) is 2.89. The van der Waals surface area contributed by atoms with Gasteiger partial charge >= 0.3 is 73.3 Å². The van der Waals surface area contributed by atoms with E-state index in [1.165, 1.54) is 70.6 Å². The second kappa shape index (κ2) is 19.6. The minimum absolute atomic E-state index is 0. The third kappa shape index (κ3) is 17.4. The van der Waals surface area contributed by atoms with E-state index in [4.69, 9.17) is 15.9 Å². The molecule has 0 bridgehead atoms. The molecule has 0 unspecified atom stereocenters. The molecule has 0 aliphatic rings. The van der Waals surface area contributed by atoms with Gasteiger partial charge in [0.2, 0.25) is 0 Å². The van der Waals surface area contributed by atoms with Crippen LogP contribution < -0.4 is 48.5 Å². The summed E-state index contributed by atoms with van der Waals surface area (Å²) >= 11 is 5.13. The maximum Gasteiger partial charge on any atom is 1.00 e. The number of halogens is 21. The third-order valence-corrected chi connectivity index (χ3v) is 8.57. The molecular weight excluding hydrogens is 1170 g/mol. The predicted octanol–water partition coefficient (Wildman–Crippen LogP) is 7.58. The quantitative estimate of drug-likeness (QED) is 0.0609. The van der Waals surface area contributed by atoms with E-state index in [1.54, 1.807) is 6.07 Å². The van der Waals surface area contributed by atoms with Gasteiger partial charge in [0, 0.05) is 106 Å². The number of rotatable bonds is 14. The van der Waals surface area contributed by atoms with Gasteiger partial charge in [-0.15, -0.1) is 0 Å². The molecule has 0 saturated carbocycles. The smallest absolute Gasteiger partial charge is 0.744 e. The van der Waals surface area contributed by atoms with Gasteiger partial charge in [-0.1, -0.05) is 0 Å². The summed E-state index contributed by atoms with van der Waals surface area (Å²) in [5.74, 6) is -6.01. The molecule has 0 atom stereocenters. The molecule has 0 amide bonds. The van der Waals surface area contributed by atoms with E-state index in [1.807, 2.05) is 0 Å². The van der Waals surface area contributed by atoms with Crippen molar-refractivity contribution in [2.75, 3.05) is 0 Å². The van der Waals surface area contributed by atoms with E-state index in [9.17, 15) is 91.6 Å². The van der Waals surface area contributed by atoms with Crippen LogP contribution in [0, 0.1) is 11.3 Å². The van der Waals surface area contributed by atoms with Gasteiger partial charge in [0.15, 0.2) is 0 Å². The van der Waals surface area contributed by atoms with Crippen molar-refractivity contribution in [3.05, 3.63) is 36.4 Å². The maximum atomic E-state index is 13.2. The molecule has 0 saturated heterocycles. The van der Waals surface area contributed by atoms with Gasteiger partial charge in [-0.05, 0) is 12.1 Å². The van der Waals surface area contributed by atoms with Crippen LogP contribution in [0.15, 0.2) is 46.2 Å². The SMILES string of the molecule is CC#N.O=S(=O)(Cl)c1cc(OC(F)(F)C(F)(F)Br)cc(OC(F)(F)C(F)(F)Br)c1.O=S(=O)([O-])c1cc(OC(F)(F)C(F)(F)Br)cc(OC(F)(F)C(F)(F)Br)c1.[Na+]. The van der Waals surface area contributed by atoms with Crippen LogP contribution >= 0.6 is 74.4 Å². The van der Waals surface area contributed by atoms with Crippen molar-refractivity contribution < 1.29 is 140 Å². The topological polar surface area (TPSA) is 152 Å². The maximum absolute atomic E-state index is 13.2. The largest absolute Gasteiger partial charge is 1.00 e. The van der Waals surface area contributed by atoms with Gasteiger partial charge in [-0.25, -0.2) is 16.8 Å². The molecule has 2 aromatic carbocycles. The number of alkyl halides is 20. The van der Waals surface area contributed by atoms with E-state index in [-0.39, 0.29) is 66.0 Å². The predicted molar refractivity (Wildman–Crippen MR) is 163 cm³/mol. The van der Waals surface area contributed by atoms with Gasteiger partial charge < -0.3 is 23.5 Å². The normalized spacial score (nSPS) is 13.4. The number of nitriles is 1. The molecular formula is C22H9Br4ClF16NNaO9S2. The first-order valence-corrected chi connectivity index (χ1v) is 18.9. The van der Waals surface area contributed by atoms with Crippen LogP contribution in [0.4, 0.5) is 70.2 Å². The number of benzene rings is 2. The van der Waals surface area contributed by atoms with Crippen LogP contribution in [-0.2, 0) is 19.2 Å². The molecule has 0 aliphatic heterocycles. The third-order valence-electron chi connectivity index (χ3n) is 4.58. The van der Waals surface area contributed by atoms with Gasteiger partial charge in [0.25, 0.3) is 9.05 Å². The number of hydrogen-bond acceptors (Lipinski definition) is 10. The minimum atomic E-state index is -5.53. The van der Waals surface area contributed by atoms with Crippen molar-refractivity contribution in [2.24, 2.45) is 0 Å². The van der Waals surface area contributed by atoms with E-state index >= 15 is 0 Å². The van der Waals surface area contributed by atoms with E-state index in [0.29, 0.717) is 0 Å². The molecule has 10 nitrogen and oxygen atoms in total. The second-order valence-electron chi connectivity index (χ2n) is 8.86. The van der Waals surface area contributed by atoms with E-state index < -0.39 is 95.7 Å². The van der Waals surface area contributed by atoms with Gasteiger partial charge in [-0.2, -0.15) is 75.5 Å². The molecule has 0 heterocycles. The van der Waals surface area contributed by atoms with Gasteiger partial charge in [-0.3, -0.25) is 0 Å². The summed E-state index contributed by atoms with van der Waals surface area (Å²) in [6.45, 7) is 1.43. The fourth-order valence-corrected chi connectivity index (χ4v) is 4.06. The Labute approximate surface area is 362 Å². The Morgan fingerprint density at radius 3 is 0.857 bits per heavy atom. The molecule has 0 spiro atoms. The van der Waals surface area contributed by atoms with Crippen molar-refractivity contribution in [3.63, 3.8) is 0 Å². The fraction of sp³-hybridized carbons (Fsp3) is 0.409. The fourth-order valence-electron chi connectivity index (χ4n) is 2.44. The average molecular weight is 1180 g/mol. The summed E-state index contributed by atoms with van der Waals surface area (Å²) in [4.78, 5) is -22.7. The molecule has 0 N–H and O–H groups in total. The molecule has 0 aromatic heterocycles. The molecule has 56 heavy (non-hydrogen) atoms. The summed E-state index contributed by atoms with van der Waals surface area (Å²) in [7, 11) is -5.44. The molecule has 316 valence electrons. The van der Waals surface area contributed by atoms with E-state index in [0.717, 1.165) is 0 Å². The molecule has 34 heteroatoms. The van der Waals surface area contributed by atoms with Crippen LogP contribution in [0.2, 0.25) is 0 Å². The summed E-state index contributed by atoms with van der Waals surface area (Å²) < 4.78 is 276.